The van der Waals surface area contributed by atoms with Gasteiger partial charge < -0.3 is 10.8 Å². The number of benzene rings is 2. The summed E-state index contributed by atoms with van der Waals surface area (Å²) in [6, 6.07) is 13.8. The lowest BCUT2D eigenvalue weighted by molar-refractivity contribution is 0.0996. The summed E-state index contributed by atoms with van der Waals surface area (Å²) in [5.41, 5.74) is 9.72. The predicted molar refractivity (Wildman–Crippen MR) is 148 cm³/mol. The highest BCUT2D eigenvalue weighted by Gasteiger charge is 2.23. The van der Waals surface area contributed by atoms with E-state index in [2.05, 4.69) is 16.7 Å². The maximum absolute atomic E-state index is 11.7. The molecule has 0 bridgehead atoms. The van der Waals surface area contributed by atoms with E-state index in [-0.39, 0.29) is 28.0 Å². The molecule has 38 heavy (non-hydrogen) atoms. The second-order valence-electron chi connectivity index (χ2n) is 8.25. The Kier molecular flexibility index (Phi) is 7.72. The summed E-state index contributed by atoms with van der Waals surface area (Å²) in [5.74, 6) is -0.852. The van der Waals surface area contributed by atoms with Gasteiger partial charge in [-0.25, -0.2) is 18.5 Å². The van der Waals surface area contributed by atoms with Crippen molar-refractivity contribution in [3.05, 3.63) is 107 Å². The van der Waals surface area contributed by atoms with E-state index in [4.69, 9.17) is 10.9 Å². The second kappa shape index (κ2) is 11.0. The van der Waals surface area contributed by atoms with Gasteiger partial charge in [-0.1, -0.05) is 61.2 Å². The third kappa shape index (κ3) is 5.65. The molecule has 0 spiro atoms. The summed E-state index contributed by atoms with van der Waals surface area (Å²) in [4.78, 5) is 15.8. The number of carbonyl (C=O) groups is 1. The van der Waals surface area contributed by atoms with Gasteiger partial charge in [0, 0.05) is 22.9 Å². The van der Waals surface area contributed by atoms with Crippen molar-refractivity contribution in [3.63, 3.8) is 0 Å². The van der Waals surface area contributed by atoms with Gasteiger partial charge in [-0.3, -0.25) is 4.79 Å². The summed E-state index contributed by atoms with van der Waals surface area (Å²) >= 11 is 1.11. The van der Waals surface area contributed by atoms with Crippen LogP contribution in [-0.2, 0) is 16.4 Å². The first-order chi connectivity index (χ1) is 18.1. The number of aromatic hydroxyl groups is 1. The van der Waals surface area contributed by atoms with Crippen molar-refractivity contribution in [2.75, 3.05) is 0 Å². The number of hydrogen-bond acceptors (Lipinski definition) is 7. The Morgan fingerprint density at radius 1 is 1.21 bits per heavy atom. The Bertz CT molecular complexity index is 1680. The molecule has 4 rings (SSSR count). The molecule has 0 saturated heterocycles. The SMILES string of the molecule is C=C/C=C(\C=C/C)c1cccc(-c2nn(-c3nc(C(N)=O)cs3)c(O)c2Cc2ccc(S(N)(=O)=O)cc2)c1. The lowest BCUT2D eigenvalue weighted by atomic mass is 9.97. The monoisotopic (exact) mass is 547 g/mol. The minimum atomic E-state index is -3.84. The Hall–Kier alpha value is -4.32. The van der Waals surface area contributed by atoms with Gasteiger partial charge >= 0.3 is 0 Å². The average molecular weight is 548 g/mol. The second-order valence-corrected chi connectivity index (χ2v) is 10.6. The van der Waals surface area contributed by atoms with E-state index in [0.29, 0.717) is 11.3 Å². The molecule has 2 aromatic heterocycles. The molecule has 2 heterocycles. The molecule has 1 amide bonds. The fourth-order valence-electron chi connectivity index (χ4n) is 3.85. The zero-order valence-corrected chi connectivity index (χ0v) is 22.0. The normalized spacial score (nSPS) is 12.2. The van der Waals surface area contributed by atoms with Gasteiger partial charge in [0.2, 0.25) is 21.0 Å². The number of sulfonamides is 1. The molecule has 11 heteroatoms. The van der Waals surface area contributed by atoms with E-state index in [1.54, 1.807) is 18.2 Å². The van der Waals surface area contributed by atoms with Crippen molar-refractivity contribution in [1.29, 1.82) is 0 Å². The number of rotatable bonds is 9. The van der Waals surface area contributed by atoms with Gasteiger partial charge in [-0.15, -0.1) is 11.3 Å². The highest BCUT2D eigenvalue weighted by atomic mass is 32.2. The van der Waals surface area contributed by atoms with Gasteiger partial charge in [0.15, 0.2) is 0 Å². The molecule has 2 aromatic carbocycles. The van der Waals surface area contributed by atoms with Gasteiger partial charge in [0.25, 0.3) is 5.91 Å². The molecule has 0 fully saturated rings. The van der Waals surface area contributed by atoms with E-state index in [1.165, 1.54) is 22.2 Å². The zero-order chi connectivity index (χ0) is 27.4. The molecule has 5 N–H and O–H groups in total. The number of thiazole rings is 1. The highest BCUT2D eigenvalue weighted by Crippen LogP contribution is 2.35. The van der Waals surface area contributed by atoms with Crippen LogP contribution in [0.25, 0.3) is 22.0 Å². The van der Waals surface area contributed by atoms with E-state index in [0.717, 1.165) is 33.6 Å². The van der Waals surface area contributed by atoms with Crippen LogP contribution in [0, 0.1) is 0 Å². The number of nitrogens with two attached hydrogens (primary N) is 2. The fraction of sp³-hybridized carbons (Fsp3) is 0.0741. The van der Waals surface area contributed by atoms with Crippen molar-refractivity contribution in [2.45, 2.75) is 18.2 Å². The molecule has 0 aliphatic heterocycles. The maximum atomic E-state index is 11.7. The summed E-state index contributed by atoms with van der Waals surface area (Å²) < 4.78 is 24.6. The topological polar surface area (TPSA) is 154 Å². The average Bonchev–Trinajstić information content (AvgIpc) is 3.49. The Labute approximate surface area is 224 Å². The molecular weight excluding hydrogens is 522 g/mol. The van der Waals surface area contributed by atoms with Crippen LogP contribution < -0.4 is 10.9 Å². The molecule has 4 aromatic rings. The van der Waals surface area contributed by atoms with Crippen molar-refractivity contribution < 1.29 is 18.3 Å². The van der Waals surface area contributed by atoms with Gasteiger partial charge in [-0.2, -0.15) is 9.78 Å². The fourth-order valence-corrected chi connectivity index (χ4v) is 5.13. The van der Waals surface area contributed by atoms with Crippen LogP contribution in [0.3, 0.4) is 0 Å². The van der Waals surface area contributed by atoms with Crippen LogP contribution in [-0.4, -0.2) is 34.2 Å². The molecule has 194 valence electrons. The molecule has 0 unspecified atom stereocenters. The number of allylic oxidation sites excluding steroid dienone is 5. The number of carbonyl (C=O) groups excluding carboxylic acids is 1. The maximum Gasteiger partial charge on any atom is 0.268 e. The molecule has 0 aliphatic carbocycles. The van der Waals surface area contributed by atoms with Crippen LogP contribution >= 0.6 is 11.3 Å². The number of aromatic nitrogens is 3. The smallest absolute Gasteiger partial charge is 0.268 e. The Morgan fingerprint density at radius 2 is 1.95 bits per heavy atom. The standard InChI is InChI=1S/C27H25N5O4S2/c1-3-6-18(7-4-2)19-8-5-9-20(15-19)24-22(14-17-10-12-21(13-11-17)38(29,35)36)26(34)32(31-24)27-30-23(16-37-27)25(28)33/h3-13,15-16,34H,1,14H2,2H3,(H2,28,33)(H2,29,35,36)/b7-4-,18-6+. The number of primary amides is 1. The molecule has 0 aliphatic rings. The van der Waals surface area contributed by atoms with Gasteiger partial charge in [0.1, 0.15) is 11.4 Å². The lowest BCUT2D eigenvalue weighted by Gasteiger charge is -2.08. The number of primary sulfonamides is 1. The van der Waals surface area contributed by atoms with Gasteiger partial charge in [-0.05, 0) is 41.8 Å². The van der Waals surface area contributed by atoms with Crippen LogP contribution in [0.4, 0.5) is 0 Å². The Morgan fingerprint density at radius 3 is 2.55 bits per heavy atom. The first-order valence-corrected chi connectivity index (χ1v) is 13.8. The quantitative estimate of drug-likeness (QED) is 0.267. The minimum absolute atomic E-state index is 0.0126. The molecular formula is C27H25N5O4S2. The third-order valence-corrected chi connectivity index (χ3v) is 7.37. The molecule has 0 atom stereocenters. The first-order valence-electron chi connectivity index (χ1n) is 11.4. The summed E-state index contributed by atoms with van der Waals surface area (Å²) in [5, 5.41) is 22.9. The number of amides is 1. The van der Waals surface area contributed by atoms with Crippen molar-refractivity contribution in [3.8, 4) is 22.3 Å². The number of hydrogen-bond donors (Lipinski definition) is 3. The van der Waals surface area contributed by atoms with Crippen molar-refractivity contribution in [2.24, 2.45) is 10.9 Å². The van der Waals surface area contributed by atoms with Crippen molar-refractivity contribution in [1.82, 2.24) is 14.8 Å². The zero-order valence-electron chi connectivity index (χ0n) is 20.4. The minimum Gasteiger partial charge on any atom is -0.493 e. The van der Waals surface area contributed by atoms with Gasteiger partial charge in [0.05, 0.1) is 4.90 Å². The van der Waals surface area contributed by atoms with Crippen molar-refractivity contribution >= 4 is 32.8 Å². The molecule has 0 saturated carbocycles. The van der Waals surface area contributed by atoms with E-state index >= 15 is 0 Å². The third-order valence-electron chi connectivity index (χ3n) is 5.63. The summed E-state index contributed by atoms with van der Waals surface area (Å²) in [6.45, 7) is 5.72. The van der Waals surface area contributed by atoms with Crippen LogP contribution in [0.15, 0.2) is 89.7 Å². The lowest BCUT2D eigenvalue weighted by Crippen LogP contribution is -2.11. The van der Waals surface area contributed by atoms with E-state index < -0.39 is 15.9 Å². The summed E-state index contributed by atoms with van der Waals surface area (Å²) in [6.07, 6.45) is 7.72. The van der Waals surface area contributed by atoms with Crippen LogP contribution in [0.5, 0.6) is 5.88 Å². The number of nitrogens with zero attached hydrogens (tertiary/aromatic N) is 3. The van der Waals surface area contributed by atoms with Crippen LogP contribution in [0.1, 0.15) is 34.1 Å². The first kappa shape index (κ1) is 26.7. The highest BCUT2D eigenvalue weighted by molar-refractivity contribution is 7.89. The molecule has 9 nitrogen and oxygen atoms in total. The van der Waals surface area contributed by atoms with Crippen LogP contribution in [0.2, 0.25) is 0 Å². The van der Waals surface area contributed by atoms with E-state index in [9.17, 15) is 18.3 Å². The molecule has 0 radical (unpaired) electrons. The summed E-state index contributed by atoms with van der Waals surface area (Å²) in [7, 11) is -3.84. The predicted octanol–water partition coefficient (Wildman–Crippen LogP) is 4.18. The van der Waals surface area contributed by atoms with E-state index in [1.807, 2.05) is 49.4 Å². The largest absolute Gasteiger partial charge is 0.493 e. The Balaban J connectivity index is 1.86.